The topological polar surface area (TPSA) is 41.6 Å². The molecule has 2 aromatic carbocycles. The summed E-state index contributed by atoms with van der Waals surface area (Å²) < 4.78 is 6.37. The number of nitrogens with zero attached hydrogens (tertiary/aromatic N) is 1. The molecular weight excluding hydrogens is 524 g/mol. The van der Waals surface area contributed by atoms with Crippen LogP contribution >= 0.6 is 11.8 Å². The van der Waals surface area contributed by atoms with Gasteiger partial charge >= 0.3 is 0 Å². The van der Waals surface area contributed by atoms with E-state index in [9.17, 15) is 4.79 Å². The molecule has 0 bridgehead atoms. The molecule has 0 aliphatic carbocycles. The lowest BCUT2D eigenvalue weighted by molar-refractivity contribution is 0.102. The Balaban J connectivity index is 1.48. The predicted molar refractivity (Wildman–Crippen MR) is 178 cm³/mol. The van der Waals surface area contributed by atoms with Crippen molar-refractivity contribution >= 4 is 23.4 Å². The minimum Gasteiger partial charge on any atom is -0.492 e. The number of anilines is 1. The van der Waals surface area contributed by atoms with Gasteiger partial charge in [0.1, 0.15) is 5.75 Å². The van der Waals surface area contributed by atoms with Crippen LogP contribution in [0.3, 0.4) is 0 Å². The first-order valence-corrected chi connectivity index (χ1v) is 17.0. The average Bonchev–Trinajstić information content (AvgIpc) is 3.35. The summed E-state index contributed by atoms with van der Waals surface area (Å²) in [4.78, 5) is 17.1. The van der Waals surface area contributed by atoms with Gasteiger partial charge in [-0.1, -0.05) is 123 Å². The Morgan fingerprint density at radius 1 is 0.878 bits per heavy atom. The fourth-order valence-corrected chi connectivity index (χ4v) is 6.07. The number of hydrogen-bond acceptors (Lipinski definition) is 4. The molecule has 1 heterocycles. The SMILES string of the molecule is CCCCCCCCCCCCCCOc1c(C(=O)Nc2ccc(CN3C=C(C)SC3)cc2)cccc1C(C)(C)C. The number of thioether (sulfide) groups is 1. The summed E-state index contributed by atoms with van der Waals surface area (Å²) in [5.41, 5.74) is 3.59. The smallest absolute Gasteiger partial charge is 0.259 e. The molecule has 1 aliphatic rings. The maximum absolute atomic E-state index is 13.4. The third-order valence-electron chi connectivity index (χ3n) is 7.73. The standard InChI is InChI=1S/C36H54N2O2S/c1-6-7-8-9-10-11-12-13-14-15-16-17-25-40-34-32(19-18-20-33(34)36(3,4)5)35(39)37-31-23-21-30(22-24-31)27-38-26-29(2)41-28-38/h18-24,26H,6-17,25,27-28H2,1-5H3,(H,37,39). The van der Waals surface area contributed by atoms with Gasteiger partial charge in [-0.25, -0.2) is 0 Å². The van der Waals surface area contributed by atoms with Crippen LogP contribution in [0.15, 0.2) is 53.6 Å². The predicted octanol–water partition coefficient (Wildman–Crippen LogP) is 10.7. The largest absolute Gasteiger partial charge is 0.492 e. The molecule has 0 saturated carbocycles. The number of carbonyl (C=O) groups is 1. The van der Waals surface area contributed by atoms with Gasteiger partial charge in [-0.05, 0) is 47.4 Å². The van der Waals surface area contributed by atoms with Crippen LogP contribution in [0, 0.1) is 0 Å². The van der Waals surface area contributed by atoms with Gasteiger partial charge in [0.15, 0.2) is 0 Å². The third-order valence-corrected chi connectivity index (χ3v) is 8.75. The Hall–Kier alpha value is -2.40. The van der Waals surface area contributed by atoms with Crippen LogP contribution in [0.1, 0.15) is 133 Å². The van der Waals surface area contributed by atoms with Crippen LogP contribution in [0.5, 0.6) is 5.75 Å². The molecule has 0 saturated heterocycles. The molecule has 4 nitrogen and oxygen atoms in total. The molecule has 0 radical (unpaired) electrons. The highest BCUT2D eigenvalue weighted by Crippen LogP contribution is 2.35. The quantitative estimate of drug-likeness (QED) is 0.179. The number of carbonyl (C=O) groups excluding carboxylic acids is 1. The summed E-state index contributed by atoms with van der Waals surface area (Å²) >= 11 is 1.87. The van der Waals surface area contributed by atoms with E-state index in [2.05, 4.69) is 69.2 Å². The number of ether oxygens (including phenoxy) is 1. The van der Waals surface area contributed by atoms with Gasteiger partial charge in [0.25, 0.3) is 5.91 Å². The fourth-order valence-electron chi connectivity index (χ4n) is 5.31. The van der Waals surface area contributed by atoms with Gasteiger partial charge in [0.2, 0.25) is 0 Å². The van der Waals surface area contributed by atoms with Crippen molar-refractivity contribution in [1.29, 1.82) is 0 Å². The Labute approximate surface area is 254 Å². The Bertz CT molecular complexity index is 1090. The molecule has 5 heteroatoms. The minimum atomic E-state index is -0.122. The number of rotatable bonds is 18. The minimum absolute atomic E-state index is 0.121. The second kappa shape index (κ2) is 17.5. The average molecular weight is 579 g/mol. The van der Waals surface area contributed by atoms with E-state index in [0.29, 0.717) is 12.2 Å². The molecule has 226 valence electrons. The van der Waals surface area contributed by atoms with Crippen molar-refractivity contribution < 1.29 is 9.53 Å². The second-order valence-corrected chi connectivity index (χ2v) is 13.8. The fraction of sp³-hybridized carbons (Fsp3) is 0.583. The summed E-state index contributed by atoms with van der Waals surface area (Å²) in [6.45, 7) is 12.5. The Kier molecular flexibility index (Phi) is 14.2. The summed E-state index contributed by atoms with van der Waals surface area (Å²) in [6, 6.07) is 14.1. The zero-order valence-corrected chi connectivity index (χ0v) is 27.2. The molecule has 1 N–H and O–H groups in total. The van der Waals surface area contributed by atoms with Crippen molar-refractivity contribution in [3.8, 4) is 5.75 Å². The zero-order chi connectivity index (χ0) is 29.5. The van der Waals surface area contributed by atoms with Crippen LogP contribution in [0.25, 0.3) is 0 Å². The van der Waals surface area contributed by atoms with E-state index in [4.69, 9.17) is 4.74 Å². The maximum atomic E-state index is 13.4. The number of para-hydroxylation sites is 1. The van der Waals surface area contributed by atoms with E-state index in [-0.39, 0.29) is 11.3 Å². The zero-order valence-electron chi connectivity index (χ0n) is 26.4. The first-order valence-electron chi connectivity index (χ1n) is 16.0. The van der Waals surface area contributed by atoms with E-state index >= 15 is 0 Å². The molecule has 3 rings (SSSR count). The lowest BCUT2D eigenvalue weighted by Gasteiger charge is -2.24. The highest BCUT2D eigenvalue weighted by Gasteiger charge is 2.24. The van der Waals surface area contributed by atoms with Gasteiger partial charge in [-0.3, -0.25) is 4.79 Å². The number of amides is 1. The molecule has 1 aliphatic heterocycles. The molecule has 41 heavy (non-hydrogen) atoms. The number of allylic oxidation sites excluding steroid dienone is 1. The van der Waals surface area contributed by atoms with Crippen LogP contribution in [-0.4, -0.2) is 23.3 Å². The van der Waals surface area contributed by atoms with E-state index in [1.807, 2.05) is 36.0 Å². The van der Waals surface area contributed by atoms with Gasteiger partial charge in [0, 0.05) is 24.0 Å². The summed E-state index contributed by atoms with van der Waals surface area (Å²) in [5, 5.41) is 3.11. The Morgan fingerprint density at radius 3 is 2.05 bits per heavy atom. The summed E-state index contributed by atoms with van der Waals surface area (Å²) in [6.07, 6.45) is 18.0. The van der Waals surface area contributed by atoms with E-state index in [0.717, 1.165) is 35.8 Å². The molecular formula is C36H54N2O2S. The monoisotopic (exact) mass is 578 g/mol. The van der Waals surface area contributed by atoms with E-state index in [1.54, 1.807) is 0 Å². The van der Waals surface area contributed by atoms with Crippen molar-refractivity contribution in [3.63, 3.8) is 0 Å². The lowest BCUT2D eigenvalue weighted by atomic mass is 9.85. The summed E-state index contributed by atoms with van der Waals surface area (Å²) in [7, 11) is 0. The number of benzene rings is 2. The molecule has 0 fully saturated rings. The van der Waals surface area contributed by atoms with Gasteiger partial charge < -0.3 is 15.0 Å². The molecule has 0 aromatic heterocycles. The van der Waals surface area contributed by atoms with Crippen molar-refractivity contribution in [2.24, 2.45) is 0 Å². The number of hydrogen-bond donors (Lipinski definition) is 1. The van der Waals surface area contributed by atoms with Crippen molar-refractivity contribution in [2.75, 3.05) is 17.8 Å². The van der Waals surface area contributed by atoms with Crippen LogP contribution in [0.4, 0.5) is 5.69 Å². The molecule has 1 amide bonds. The molecule has 2 aromatic rings. The highest BCUT2D eigenvalue weighted by atomic mass is 32.2. The first kappa shape index (κ1) is 33.1. The van der Waals surface area contributed by atoms with Gasteiger partial charge in [0.05, 0.1) is 18.0 Å². The first-order chi connectivity index (χ1) is 19.8. The molecule has 0 spiro atoms. The second-order valence-electron chi connectivity index (χ2n) is 12.6. The number of nitrogens with one attached hydrogen (secondary N) is 1. The van der Waals surface area contributed by atoms with Gasteiger partial charge in [-0.15, -0.1) is 11.8 Å². The lowest BCUT2D eigenvalue weighted by Crippen LogP contribution is -2.19. The van der Waals surface area contributed by atoms with Crippen LogP contribution in [0.2, 0.25) is 0 Å². The van der Waals surface area contributed by atoms with Crippen molar-refractivity contribution in [3.05, 3.63) is 70.3 Å². The van der Waals surface area contributed by atoms with Crippen molar-refractivity contribution in [2.45, 2.75) is 124 Å². The van der Waals surface area contributed by atoms with Gasteiger partial charge in [-0.2, -0.15) is 0 Å². The Morgan fingerprint density at radius 2 is 1.49 bits per heavy atom. The third kappa shape index (κ3) is 11.8. The molecule has 0 unspecified atom stereocenters. The number of unbranched alkanes of at least 4 members (excludes halogenated alkanes) is 11. The van der Waals surface area contributed by atoms with E-state index < -0.39 is 0 Å². The van der Waals surface area contributed by atoms with Crippen molar-refractivity contribution in [1.82, 2.24) is 4.90 Å². The maximum Gasteiger partial charge on any atom is 0.259 e. The van der Waals surface area contributed by atoms with Crippen LogP contribution in [-0.2, 0) is 12.0 Å². The summed E-state index contributed by atoms with van der Waals surface area (Å²) in [5.74, 6) is 1.60. The normalized spacial score (nSPS) is 13.4. The van der Waals surface area contributed by atoms with Crippen LogP contribution < -0.4 is 10.1 Å². The van der Waals surface area contributed by atoms with E-state index in [1.165, 1.54) is 81.1 Å². The highest BCUT2D eigenvalue weighted by molar-refractivity contribution is 8.03. The molecule has 0 atom stereocenters.